The van der Waals surface area contributed by atoms with Crippen molar-refractivity contribution in [2.24, 2.45) is 11.8 Å². The predicted octanol–water partition coefficient (Wildman–Crippen LogP) is 6.27. The summed E-state index contributed by atoms with van der Waals surface area (Å²) in [6.07, 6.45) is 6.31. The molecule has 2 aromatic carbocycles. The third kappa shape index (κ3) is 10.1. The summed E-state index contributed by atoms with van der Waals surface area (Å²) < 4.78 is 12.7. The smallest absolute Gasteiger partial charge is 0.248 e. The minimum Gasteiger partial charge on any atom is -0.506 e. The number of benzene rings is 2. The lowest BCUT2D eigenvalue weighted by molar-refractivity contribution is -0.131. The number of likely N-dealkylation sites (N-methyl/N-ethyl adjacent to an activating group) is 1. The number of hydrogen-bond acceptors (Lipinski definition) is 7. The molecule has 1 aliphatic heterocycles. The Hall–Kier alpha value is -3.02. The number of phenolic OH excluding ortho intramolecular Hbond substituents is 1. The van der Waals surface area contributed by atoms with Crippen LogP contribution in [0.5, 0.6) is 5.75 Å². The zero-order chi connectivity index (χ0) is 35.9. The summed E-state index contributed by atoms with van der Waals surface area (Å²) in [7, 11) is -0.347. The number of amides is 1. The van der Waals surface area contributed by atoms with Gasteiger partial charge in [0.15, 0.2) is 8.32 Å². The monoisotopic (exact) mass is 704 g/mol. The van der Waals surface area contributed by atoms with Crippen LogP contribution in [0.1, 0.15) is 69.2 Å². The van der Waals surface area contributed by atoms with Gasteiger partial charge in [-0.15, -0.1) is 0 Å². The minimum absolute atomic E-state index is 0.00215. The first-order valence-electron chi connectivity index (χ1n) is 18.7. The lowest BCUT2D eigenvalue weighted by atomic mass is 10.0. The molecule has 2 aliphatic rings. The maximum absolute atomic E-state index is 12.8. The average Bonchev–Trinajstić information content (AvgIpc) is 3.68. The van der Waals surface area contributed by atoms with E-state index in [0.29, 0.717) is 44.8 Å². The molecule has 1 aliphatic carbocycles. The van der Waals surface area contributed by atoms with Crippen LogP contribution in [0.4, 0.5) is 0 Å². The van der Waals surface area contributed by atoms with Gasteiger partial charge in [-0.05, 0) is 84.5 Å². The van der Waals surface area contributed by atoms with E-state index >= 15 is 0 Å². The predicted molar refractivity (Wildman–Crippen MR) is 204 cm³/mol. The molecule has 0 bridgehead atoms. The minimum atomic E-state index is -2.18. The number of likely N-dealkylation sites (tertiary alicyclic amines) is 1. The summed E-state index contributed by atoms with van der Waals surface area (Å²) in [5, 5.41) is 14.7. The van der Waals surface area contributed by atoms with Crippen molar-refractivity contribution in [1.29, 1.82) is 0 Å². The molecule has 3 aromatic rings. The summed E-state index contributed by atoms with van der Waals surface area (Å²) in [5.74, 6) is 2.00. The summed E-state index contributed by atoms with van der Waals surface area (Å²) in [5.41, 5.74) is 3.72. The highest BCUT2D eigenvalue weighted by atomic mass is 28.4. The zero-order valence-corrected chi connectivity index (χ0v) is 32.2. The SMILES string of the molecule is CN(CCNC[C@H](O[Si](C)(C)C(C)(C)C)c1ccc(O)c2[nH]c(=O)ccc12)C(=O)CCOCCc1ccc(CCN2C[C@H]3CCC[C@H]3C2)cc1. The molecule has 0 radical (unpaired) electrons. The molecule has 3 N–H and O–H groups in total. The number of nitrogens with one attached hydrogen (secondary N) is 2. The van der Waals surface area contributed by atoms with Gasteiger partial charge in [-0.25, -0.2) is 0 Å². The van der Waals surface area contributed by atoms with Gasteiger partial charge in [-0.1, -0.05) is 57.5 Å². The van der Waals surface area contributed by atoms with Crippen molar-refractivity contribution < 1.29 is 19.1 Å². The van der Waals surface area contributed by atoms with Crippen molar-refractivity contribution in [3.8, 4) is 5.75 Å². The fourth-order valence-electron chi connectivity index (χ4n) is 7.21. The second kappa shape index (κ2) is 17.0. The van der Waals surface area contributed by atoms with E-state index in [0.717, 1.165) is 35.6 Å². The highest BCUT2D eigenvalue weighted by Gasteiger charge is 2.40. The van der Waals surface area contributed by atoms with Crippen LogP contribution in [-0.2, 0) is 26.8 Å². The molecule has 2 heterocycles. The summed E-state index contributed by atoms with van der Waals surface area (Å²) in [4.78, 5) is 32.0. The Kier molecular flexibility index (Phi) is 13.0. The number of carbonyl (C=O) groups is 1. The van der Waals surface area contributed by atoms with Crippen LogP contribution >= 0.6 is 0 Å². The van der Waals surface area contributed by atoms with E-state index in [4.69, 9.17) is 9.16 Å². The van der Waals surface area contributed by atoms with Crippen molar-refractivity contribution in [1.82, 2.24) is 20.1 Å². The molecule has 0 unspecified atom stereocenters. The van der Waals surface area contributed by atoms with Crippen molar-refractivity contribution in [2.45, 2.75) is 83.5 Å². The number of nitrogens with zero attached hydrogens (tertiary/aromatic N) is 2. The normalized spacial score (nSPS) is 18.8. The van der Waals surface area contributed by atoms with Gasteiger partial charge in [-0.2, -0.15) is 0 Å². The highest BCUT2D eigenvalue weighted by Crippen LogP contribution is 2.41. The average molecular weight is 705 g/mol. The van der Waals surface area contributed by atoms with Gasteiger partial charge in [0.1, 0.15) is 5.75 Å². The second-order valence-electron chi connectivity index (χ2n) is 16.1. The number of phenols is 1. The third-order valence-corrected chi connectivity index (χ3v) is 15.9. The lowest BCUT2D eigenvalue weighted by Gasteiger charge is -2.39. The van der Waals surface area contributed by atoms with Crippen LogP contribution in [0, 0.1) is 11.8 Å². The molecule has 9 nitrogen and oxygen atoms in total. The molecular weight excluding hydrogens is 645 g/mol. The molecule has 2 fully saturated rings. The number of pyridine rings is 1. The molecule has 10 heteroatoms. The topological polar surface area (TPSA) is 107 Å². The zero-order valence-electron chi connectivity index (χ0n) is 31.2. The van der Waals surface area contributed by atoms with E-state index in [-0.39, 0.29) is 28.4 Å². The maximum atomic E-state index is 12.8. The standard InChI is InChI=1S/C40H60N4O5Si/c1-40(2,3)50(5,6)49-36(33-14-16-35(45)39-34(33)15-17-37(46)42-39)26-41-21-23-43(4)38(47)20-25-48-24-19-30-12-10-29(11-13-30)18-22-44-27-31-8-7-9-32(31)28-44/h10-17,31-32,36,41,45H,7-9,18-28H2,1-6H3,(H,42,46)/t31-,32+,36-/m0/s1. The molecule has 3 atom stereocenters. The number of rotatable bonds is 17. The molecule has 1 saturated heterocycles. The van der Waals surface area contributed by atoms with Crippen LogP contribution in [0.3, 0.4) is 0 Å². The fourth-order valence-corrected chi connectivity index (χ4v) is 8.48. The maximum Gasteiger partial charge on any atom is 0.248 e. The van der Waals surface area contributed by atoms with Crippen molar-refractivity contribution in [3.63, 3.8) is 0 Å². The summed E-state index contributed by atoms with van der Waals surface area (Å²) in [6.45, 7) is 17.5. The summed E-state index contributed by atoms with van der Waals surface area (Å²) in [6, 6.07) is 15.7. The van der Waals surface area contributed by atoms with Gasteiger partial charge in [0.25, 0.3) is 0 Å². The Labute approximate surface area is 299 Å². The lowest BCUT2D eigenvalue weighted by Crippen LogP contribution is -2.44. The van der Waals surface area contributed by atoms with Gasteiger partial charge in [-0.3, -0.25) is 9.59 Å². The Morgan fingerprint density at radius 3 is 2.38 bits per heavy atom. The van der Waals surface area contributed by atoms with Crippen LogP contribution < -0.4 is 10.9 Å². The highest BCUT2D eigenvalue weighted by molar-refractivity contribution is 6.74. The quantitative estimate of drug-likeness (QED) is 0.112. The Bertz CT molecular complexity index is 1610. The van der Waals surface area contributed by atoms with E-state index in [1.165, 1.54) is 56.1 Å². The van der Waals surface area contributed by atoms with Crippen molar-refractivity contribution >= 4 is 25.1 Å². The summed E-state index contributed by atoms with van der Waals surface area (Å²) >= 11 is 0. The van der Waals surface area contributed by atoms with E-state index in [1.807, 2.05) is 13.1 Å². The number of hydrogen-bond donors (Lipinski definition) is 3. The van der Waals surface area contributed by atoms with E-state index < -0.39 is 8.32 Å². The fraction of sp³-hybridized carbons (Fsp3) is 0.600. The molecule has 0 spiro atoms. The third-order valence-electron chi connectivity index (χ3n) is 11.4. The van der Waals surface area contributed by atoms with Gasteiger partial charge in [0.2, 0.25) is 11.5 Å². The van der Waals surface area contributed by atoms with Crippen LogP contribution in [0.15, 0.2) is 53.3 Å². The Balaban J connectivity index is 1.01. The number of H-pyrrole nitrogens is 1. The van der Waals surface area contributed by atoms with E-state index in [9.17, 15) is 14.7 Å². The van der Waals surface area contributed by atoms with E-state index in [2.05, 4.69) is 73.3 Å². The van der Waals surface area contributed by atoms with Crippen molar-refractivity contribution in [2.75, 3.05) is 59.5 Å². The molecule has 1 aromatic heterocycles. The van der Waals surface area contributed by atoms with Crippen molar-refractivity contribution in [3.05, 3.63) is 75.6 Å². The number of aromatic nitrogens is 1. The first-order chi connectivity index (χ1) is 23.8. The second-order valence-corrected chi connectivity index (χ2v) is 20.8. The molecule has 274 valence electrons. The van der Waals surface area contributed by atoms with Crippen LogP contribution in [-0.4, -0.2) is 93.6 Å². The van der Waals surface area contributed by atoms with Gasteiger partial charge in [0.05, 0.1) is 31.3 Å². The molecular formula is C40H60N4O5Si. The molecule has 50 heavy (non-hydrogen) atoms. The first kappa shape index (κ1) is 38.2. The van der Waals surface area contributed by atoms with Crippen LogP contribution in [0.2, 0.25) is 18.1 Å². The van der Waals surface area contributed by atoms with Gasteiger partial charge >= 0.3 is 0 Å². The number of carbonyl (C=O) groups excluding carboxylic acids is 1. The van der Waals surface area contributed by atoms with Gasteiger partial charge < -0.3 is 34.4 Å². The number of aromatic amines is 1. The largest absolute Gasteiger partial charge is 0.506 e. The number of ether oxygens (including phenoxy) is 1. The molecule has 5 rings (SSSR count). The number of aromatic hydroxyl groups is 1. The Morgan fingerprint density at radius 1 is 1.02 bits per heavy atom. The van der Waals surface area contributed by atoms with E-state index in [1.54, 1.807) is 17.0 Å². The Morgan fingerprint density at radius 2 is 1.70 bits per heavy atom. The number of fused-ring (bicyclic) bond motifs is 2. The molecule has 1 saturated carbocycles. The molecule has 1 amide bonds. The van der Waals surface area contributed by atoms with Crippen LogP contribution in [0.25, 0.3) is 10.9 Å². The van der Waals surface area contributed by atoms with Gasteiger partial charge in [0, 0.05) is 57.8 Å². The first-order valence-corrected chi connectivity index (χ1v) is 21.6.